The van der Waals surface area contributed by atoms with Crippen molar-refractivity contribution in [2.75, 3.05) is 46.2 Å². The molecular weight excluding hydrogens is 1230 g/mol. The number of rotatable bonds is 27. The van der Waals surface area contributed by atoms with Crippen molar-refractivity contribution in [2.45, 2.75) is 249 Å². The first kappa shape index (κ1) is 75.7. The molecule has 522 valence electrons. The normalized spacial score (nSPS) is 43.9. The molecule has 6 aliphatic heterocycles. The van der Waals surface area contributed by atoms with Gasteiger partial charge in [-0.15, -0.1) is 0 Å². The summed E-state index contributed by atoms with van der Waals surface area (Å²) in [5, 5.41) is 218. The quantitative estimate of drug-likeness (QED) is 0.0340. The minimum atomic E-state index is -2.44. The van der Waals surface area contributed by atoms with Gasteiger partial charge in [0, 0.05) is 34.3 Å². The molecule has 0 bridgehead atoms. The van der Waals surface area contributed by atoms with Crippen molar-refractivity contribution in [1.29, 1.82) is 0 Å². The number of aliphatic hydroxyl groups excluding tert-OH is 19. The molecule has 0 radical (unpaired) electrons. The zero-order valence-corrected chi connectivity index (χ0v) is 49.3. The molecule has 0 aromatic heterocycles. The average molecular weight is 1320 g/mol. The molecule has 39 heteroatoms. The third-order valence-corrected chi connectivity index (χ3v) is 16.0. The van der Waals surface area contributed by atoms with Crippen LogP contribution in [-0.4, -0.2) is 375 Å². The molecule has 34 atom stereocenters. The summed E-state index contributed by atoms with van der Waals surface area (Å²) in [5.41, 5.74) is 0. The van der Waals surface area contributed by atoms with Gasteiger partial charge in [0.05, 0.1) is 57.9 Å². The fourth-order valence-electron chi connectivity index (χ4n) is 11.3. The largest absolute Gasteiger partial charge is 0.396 e. The molecule has 0 spiro atoms. The highest BCUT2D eigenvalue weighted by Gasteiger charge is 2.58. The number of carbonyl (C=O) groups is 4. The van der Waals surface area contributed by atoms with Crippen molar-refractivity contribution >= 4 is 23.6 Å². The second kappa shape index (κ2) is 33.8. The lowest BCUT2D eigenvalue weighted by Gasteiger charge is -2.51. The first-order chi connectivity index (χ1) is 42.5. The van der Waals surface area contributed by atoms with E-state index >= 15 is 0 Å². The number of nitrogens with one attached hydrogen (secondary N) is 4. The Bertz CT molecular complexity index is 2260. The first-order valence-electron chi connectivity index (χ1n) is 28.9. The maximum atomic E-state index is 12.8. The second-order valence-electron chi connectivity index (χ2n) is 22.6. The van der Waals surface area contributed by atoms with Crippen LogP contribution in [0.4, 0.5) is 0 Å². The Hall–Kier alpha value is -3.36. The lowest BCUT2D eigenvalue weighted by Crippen LogP contribution is -2.70. The van der Waals surface area contributed by atoms with Gasteiger partial charge in [-0.25, -0.2) is 0 Å². The van der Waals surface area contributed by atoms with E-state index in [0.29, 0.717) is 0 Å². The molecule has 6 fully saturated rings. The van der Waals surface area contributed by atoms with Crippen LogP contribution in [0.5, 0.6) is 0 Å². The van der Waals surface area contributed by atoms with Gasteiger partial charge in [-0.05, 0) is 13.3 Å². The van der Waals surface area contributed by atoms with Gasteiger partial charge in [0.2, 0.25) is 23.6 Å². The zero-order chi connectivity index (χ0) is 66.9. The van der Waals surface area contributed by atoms with Crippen molar-refractivity contribution in [2.24, 2.45) is 0 Å². The van der Waals surface area contributed by atoms with Crippen LogP contribution in [0, 0.1) is 0 Å². The molecule has 0 aliphatic carbocycles. The van der Waals surface area contributed by atoms with Gasteiger partial charge in [-0.1, -0.05) is 0 Å². The third-order valence-electron chi connectivity index (χ3n) is 16.0. The topological polar surface area (TPSA) is 612 Å². The van der Waals surface area contributed by atoms with Crippen molar-refractivity contribution in [1.82, 2.24) is 21.3 Å². The van der Waals surface area contributed by atoms with Gasteiger partial charge in [0.15, 0.2) is 37.7 Å². The van der Waals surface area contributed by atoms with Crippen LogP contribution in [-0.2, 0) is 76.0 Å². The number of aliphatic hydroxyl groups is 19. The highest BCUT2D eigenvalue weighted by Crippen LogP contribution is 2.37. The van der Waals surface area contributed by atoms with E-state index in [2.05, 4.69) is 21.3 Å². The van der Waals surface area contributed by atoms with E-state index < -0.39 is 285 Å². The Kier molecular flexibility index (Phi) is 28.5. The highest BCUT2D eigenvalue weighted by atomic mass is 16.8. The molecule has 0 aromatic carbocycles. The number of ether oxygens (including phenoxy) is 12. The summed E-state index contributed by atoms with van der Waals surface area (Å²) < 4.78 is 71.0. The van der Waals surface area contributed by atoms with Crippen LogP contribution in [0.25, 0.3) is 0 Å². The second-order valence-corrected chi connectivity index (χ2v) is 22.6. The van der Waals surface area contributed by atoms with Crippen LogP contribution in [0.15, 0.2) is 0 Å². The van der Waals surface area contributed by atoms with Crippen molar-refractivity contribution in [3.8, 4) is 0 Å². The molecule has 20 unspecified atom stereocenters. The fourth-order valence-corrected chi connectivity index (χ4v) is 11.3. The standard InChI is InChI=1S/C51H88N4O35/c1-14-26(52-15(2)62)36(73)41(23(11-60)80-14)87-48-29(55-18(5)65)37(74)42(24(12-61)84-48)88-49-40(77)43(89-51-45(39(76)33(70)22(10-59)83-51)90-47-28(54-17(4)64)35(72)31(68)20(8-57)81-47)34(71)25(85-49)13-79-50-44(38(75)32(69)21(9-58)82-50)86-46(78)27(53-16(3)63)30(67)19(66)6-7-56/h14,19-51,56-61,66-78H,6-13H2,1-5H3,(H,52,62)(H,53,63)(H,54,64)(H,55,65)/t14-,19+,20?,21?,22?,23?,24?,25?,26?,27?,28?,29?,30?,31+,32+,33+,34+,35?,36?,37?,38?,39?,40?,41+,42+,43?,44?,45?,46-,47-,48-,49-,50-,51+/m0/s1. The zero-order valence-electron chi connectivity index (χ0n) is 49.3. The minimum Gasteiger partial charge on any atom is -0.396 e. The third kappa shape index (κ3) is 17.8. The van der Waals surface area contributed by atoms with E-state index in [-0.39, 0.29) is 0 Å². The fraction of sp³-hybridized carbons (Fsp3) is 0.922. The summed E-state index contributed by atoms with van der Waals surface area (Å²) in [6.45, 7) is -1.18. The van der Waals surface area contributed by atoms with Crippen LogP contribution in [0.3, 0.4) is 0 Å². The van der Waals surface area contributed by atoms with Crippen LogP contribution < -0.4 is 21.3 Å². The van der Waals surface area contributed by atoms with Gasteiger partial charge in [-0.3, -0.25) is 19.2 Å². The minimum absolute atomic E-state index is 0.484. The molecule has 4 amide bonds. The van der Waals surface area contributed by atoms with Crippen molar-refractivity contribution in [3.05, 3.63) is 0 Å². The molecular formula is C51H88N4O35. The summed E-state index contributed by atoms with van der Waals surface area (Å²) in [4.78, 5) is 49.5. The molecule has 6 saturated heterocycles. The van der Waals surface area contributed by atoms with Crippen LogP contribution >= 0.6 is 0 Å². The number of carbonyl (C=O) groups excluding carboxylic acids is 4. The van der Waals surface area contributed by atoms with E-state index in [9.17, 15) is 116 Å². The van der Waals surface area contributed by atoms with E-state index in [4.69, 9.17) is 56.8 Å². The molecule has 23 N–H and O–H groups in total. The molecule has 0 saturated carbocycles. The lowest BCUT2D eigenvalue weighted by atomic mass is 9.92. The number of hydrogen-bond donors (Lipinski definition) is 23. The van der Waals surface area contributed by atoms with Gasteiger partial charge < -0.3 is 175 Å². The summed E-state index contributed by atoms with van der Waals surface area (Å²) >= 11 is 0. The predicted molar refractivity (Wildman–Crippen MR) is 284 cm³/mol. The maximum Gasteiger partial charge on any atom is 0.217 e. The summed E-state index contributed by atoms with van der Waals surface area (Å²) in [6, 6.07) is -6.63. The van der Waals surface area contributed by atoms with Gasteiger partial charge >= 0.3 is 0 Å². The van der Waals surface area contributed by atoms with Gasteiger partial charge in [0.25, 0.3) is 0 Å². The van der Waals surface area contributed by atoms with E-state index in [1.165, 1.54) is 6.92 Å². The first-order valence-corrected chi connectivity index (χ1v) is 28.9. The smallest absolute Gasteiger partial charge is 0.217 e. The summed E-state index contributed by atoms with van der Waals surface area (Å²) in [5.74, 6) is -3.19. The summed E-state index contributed by atoms with van der Waals surface area (Å²) in [7, 11) is 0. The Morgan fingerprint density at radius 2 is 0.822 bits per heavy atom. The molecule has 39 nitrogen and oxygen atoms in total. The maximum absolute atomic E-state index is 12.8. The van der Waals surface area contributed by atoms with E-state index in [1.54, 1.807) is 0 Å². The lowest BCUT2D eigenvalue weighted by molar-refractivity contribution is -0.395. The molecule has 90 heavy (non-hydrogen) atoms. The van der Waals surface area contributed by atoms with Crippen molar-refractivity contribution < 1.29 is 173 Å². The van der Waals surface area contributed by atoms with Gasteiger partial charge in [0.1, 0.15) is 152 Å². The highest BCUT2D eigenvalue weighted by molar-refractivity contribution is 5.74. The Morgan fingerprint density at radius 1 is 0.411 bits per heavy atom. The number of hydrogen-bond acceptors (Lipinski definition) is 35. The van der Waals surface area contributed by atoms with Gasteiger partial charge in [-0.2, -0.15) is 0 Å². The Labute approximate surface area is 512 Å². The van der Waals surface area contributed by atoms with E-state index in [1.807, 2.05) is 0 Å². The Balaban J connectivity index is 1.38. The summed E-state index contributed by atoms with van der Waals surface area (Å²) in [6.07, 6.45) is -59.9. The monoisotopic (exact) mass is 1320 g/mol. The Morgan fingerprint density at radius 3 is 1.33 bits per heavy atom. The molecule has 6 rings (SSSR count). The average Bonchev–Trinajstić information content (AvgIpc) is 1.09. The predicted octanol–water partition coefficient (Wildman–Crippen LogP) is -14.6. The SMILES string of the molecule is CC(=O)NC1C(O)[C@H](O)C(CO)O[C@H]1OC1C(O)[C@H](O)C(CO)O[C@@H]1OC1C(O)[C@H](O[C@@H]2C(CO)O[C@@H](O[C@@H]3C(CO)O[C@@H](C)C(NC(C)=O)C3O)C(NC(C)=O)C2O)OC(CO[C@H]2OC(CO)[C@@H](O)C(O)C2O[C@H](O)C(NC(C)=O)C(O)[C@H](O)CCO)[C@H]1O. The molecule has 0 aromatic rings. The molecule has 6 aliphatic rings. The molecule has 6 heterocycles. The van der Waals surface area contributed by atoms with E-state index in [0.717, 1.165) is 27.7 Å². The van der Waals surface area contributed by atoms with Crippen molar-refractivity contribution in [3.63, 3.8) is 0 Å². The van der Waals surface area contributed by atoms with Crippen LogP contribution in [0.2, 0.25) is 0 Å². The van der Waals surface area contributed by atoms with Crippen LogP contribution in [0.1, 0.15) is 41.0 Å². The number of amides is 4.